The molecule has 1 heterocycles. The monoisotopic (exact) mass is 281 g/mol. The fraction of sp³-hybridized carbons (Fsp3) is 1.00. The van der Waals surface area contributed by atoms with Crippen LogP contribution < -0.4 is 0 Å². The minimum Gasteiger partial charge on any atom is -0.306 e. The normalized spacial score (nSPS) is 48.5. The van der Waals surface area contributed by atoms with Crippen molar-refractivity contribution in [1.29, 1.82) is 0 Å². The second kappa shape index (κ2) is 2.24. The van der Waals surface area contributed by atoms with E-state index in [-0.39, 0.29) is 3.23 Å². The van der Waals surface area contributed by atoms with Crippen LogP contribution in [0.25, 0.3) is 0 Å². The van der Waals surface area contributed by atoms with Gasteiger partial charge < -0.3 is 4.90 Å². The fourth-order valence-corrected chi connectivity index (χ4v) is 4.18. The van der Waals surface area contributed by atoms with Gasteiger partial charge in [0.05, 0.1) is 3.23 Å². The first kappa shape index (κ1) is 8.52. The maximum absolute atomic E-state index is 3.75. The van der Waals surface area contributed by atoms with E-state index >= 15 is 0 Å². The zero-order valence-electron chi connectivity index (χ0n) is 6.90. The molecule has 1 saturated carbocycles. The second-order valence-electron chi connectivity index (χ2n) is 4.11. The van der Waals surface area contributed by atoms with Crippen LogP contribution in [-0.2, 0) is 0 Å². The zero-order valence-corrected chi connectivity index (χ0v) is 10.1. The van der Waals surface area contributed by atoms with Crippen LogP contribution in [0.2, 0.25) is 0 Å². The lowest BCUT2D eigenvalue weighted by atomic mass is 9.98. The summed E-state index contributed by atoms with van der Waals surface area (Å²) in [5.74, 6) is 0.800. The van der Waals surface area contributed by atoms with Crippen molar-refractivity contribution >= 4 is 31.9 Å². The van der Waals surface area contributed by atoms with Crippen LogP contribution >= 0.6 is 31.9 Å². The van der Waals surface area contributed by atoms with Crippen LogP contribution in [0.15, 0.2) is 0 Å². The molecule has 1 aliphatic carbocycles. The van der Waals surface area contributed by atoms with Crippen molar-refractivity contribution < 1.29 is 0 Å². The van der Waals surface area contributed by atoms with Crippen LogP contribution in [-0.4, -0.2) is 28.3 Å². The van der Waals surface area contributed by atoms with Crippen molar-refractivity contribution in [2.75, 3.05) is 20.1 Å². The highest BCUT2D eigenvalue weighted by Gasteiger charge is 2.72. The van der Waals surface area contributed by atoms with E-state index in [9.17, 15) is 0 Å². The van der Waals surface area contributed by atoms with E-state index in [4.69, 9.17) is 0 Å². The van der Waals surface area contributed by atoms with Gasteiger partial charge in [-0.05, 0) is 20.0 Å². The number of rotatable bonds is 0. The van der Waals surface area contributed by atoms with E-state index in [0.29, 0.717) is 5.41 Å². The fourth-order valence-electron chi connectivity index (χ4n) is 2.16. The third-order valence-electron chi connectivity index (χ3n) is 3.39. The van der Waals surface area contributed by atoms with E-state index in [0.717, 1.165) is 5.92 Å². The van der Waals surface area contributed by atoms with Gasteiger partial charge in [-0.15, -0.1) is 0 Å². The Hall–Kier alpha value is 0.920. The van der Waals surface area contributed by atoms with Gasteiger partial charge in [0.15, 0.2) is 0 Å². The topological polar surface area (TPSA) is 3.24 Å². The lowest BCUT2D eigenvalue weighted by molar-refractivity contribution is 0.222. The summed E-state index contributed by atoms with van der Waals surface area (Å²) >= 11 is 7.51. The quantitative estimate of drug-likeness (QED) is 0.617. The molecule has 0 bridgehead atoms. The van der Waals surface area contributed by atoms with Gasteiger partial charge in [-0.1, -0.05) is 38.8 Å². The third kappa shape index (κ3) is 0.971. The molecule has 0 aromatic heterocycles. The standard InChI is InChI=1S/C8H13Br2N/c1-7-3-4-11(2)5-6(7)8(7,9)10/h6H,3-5H2,1-2H3/t6-,7+/m0/s1. The zero-order chi connectivity index (χ0) is 8.28. The van der Waals surface area contributed by atoms with Crippen molar-refractivity contribution in [3.8, 4) is 0 Å². The van der Waals surface area contributed by atoms with Gasteiger partial charge in [0, 0.05) is 17.9 Å². The smallest absolute Gasteiger partial charge is 0.0909 e. The van der Waals surface area contributed by atoms with Gasteiger partial charge in [-0.3, -0.25) is 0 Å². The van der Waals surface area contributed by atoms with Crippen LogP contribution in [0.5, 0.6) is 0 Å². The summed E-state index contributed by atoms with van der Waals surface area (Å²) < 4.78 is 0.248. The second-order valence-corrected chi connectivity index (χ2v) is 7.67. The van der Waals surface area contributed by atoms with E-state index in [2.05, 4.69) is 50.7 Å². The van der Waals surface area contributed by atoms with Crippen LogP contribution in [0.4, 0.5) is 0 Å². The SMILES string of the molecule is CN1CC[C@]2(C)[C@H](C1)C2(Br)Br. The third-order valence-corrected chi connectivity index (χ3v) is 6.31. The Kier molecular flexibility index (Phi) is 1.73. The Balaban J connectivity index is 2.16. The van der Waals surface area contributed by atoms with Gasteiger partial charge in [-0.25, -0.2) is 0 Å². The van der Waals surface area contributed by atoms with E-state index < -0.39 is 0 Å². The summed E-state index contributed by atoms with van der Waals surface area (Å²) in [4.78, 5) is 2.41. The molecule has 1 nitrogen and oxygen atoms in total. The molecule has 0 spiro atoms. The molecular formula is C8H13Br2N. The highest BCUT2D eigenvalue weighted by Crippen LogP contribution is 2.74. The Bertz CT molecular complexity index is 193. The first-order valence-electron chi connectivity index (χ1n) is 4.05. The number of piperidine rings is 1. The first-order chi connectivity index (χ1) is 4.98. The average Bonchev–Trinajstić information content (AvgIpc) is 2.33. The first-order valence-corrected chi connectivity index (χ1v) is 5.63. The minimum atomic E-state index is 0.248. The Morgan fingerprint density at radius 1 is 1.45 bits per heavy atom. The number of alkyl halides is 2. The van der Waals surface area contributed by atoms with Gasteiger partial charge >= 0.3 is 0 Å². The Morgan fingerprint density at radius 3 is 2.55 bits per heavy atom. The van der Waals surface area contributed by atoms with Crippen molar-refractivity contribution in [3.05, 3.63) is 0 Å². The molecule has 64 valence electrons. The largest absolute Gasteiger partial charge is 0.306 e. The molecule has 2 rings (SSSR count). The summed E-state index contributed by atoms with van der Waals surface area (Å²) in [6, 6.07) is 0. The van der Waals surface area contributed by atoms with E-state index in [1.807, 2.05) is 0 Å². The average molecular weight is 283 g/mol. The number of nitrogens with zero attached hydrogens (tertiary/aromatic N) is 1. The van der Waals surface area contributed by atoms with Gasteiger partial charge in [-0.2, -0.15) is 0 Å². The van der Waals surface area contributed by atoms with Crippen molar-refractivity contribution in [2.45, 2.75) is 16.6 Å². The molecule has 2 atom stereocenters. The molecule has 0 unspecified atom stereocenters. The van der Waals surface area contributed by atoms with Crippen LogP contribution in [0.1, 0.15) is 13.3 Å². The maximum atomic E-state index is 3.75. The van der Waals surface area contributed by atoms with Crippen molar-refractivity contribution in [1.82, 2.24) is 4.90 Å². The summed E-state index contributed by atoms with van der Waals surface area (Å²) in [7, 11) is 2.20. The molecule has 2 fully saturated rings. The molecule has 2 aliphatic rings. The number of likely N-dealkylation sites (tertiary alicyclic amines) is 1. The van der Waals surface area contributed by atoms with Crippen molar-refractivity contribution in [3.63, 3.8) is 0 Å². The predicted octanol–water partition coefficient (Wildman–Crippen LogP) is 2.44. The minimum absolute atomic E-state index is 0.248. The van der Waals surface area contributed by atoms with Gasteiger partial charge in [0.2, 0.25) is 0 Å². The van der Waals surface area contributed by atoms with E-state index in [1.54, 1.807) is 0 Å². The van der Waals surface area contributed by atoms with Gasteiger partial charge in [0.1, 0.15) is 0 Å². The van der Waals surface area contributed by atoms with Crippen molar-refractivity contribution in [2.24, 2.45) is 11.3 Å². The molecular weight excluding hydrogens is 270 g/mol. The molecule has 0 aromatic carbocycles. The highest BCUT2D eigenvalue weighted by molar-refractivity contribution is 9.25. The van der Waals surface area contributed by atoms with Gasteiger partial charge in [0.25, 0.3) is 0 Å². The summed E-state index contributed by atoms with van der Waals surface area (Å²) in [5.41, 5.74) is 0.513. The lowest BCUT2D eigenvalue weighted by Crippen LogP contribution is -2.30. The van der Waals surface area contributed by atoms with Crippen LogP contribution in [0, 0.1) is 11.3 Å². The van der Waals surface area contributed by atoms with Crippen LogP contribution in [0.3, 0.4) is 0 Å². The summed E-state index contributed by atoms with van der Waals surface area (Å²) in [6.07, 6.45) is 1.31. The molecule has 11 heavy (non-hydrogen) atoms. The lowest BCUT2D eigenvalue weighted by Gasteiger charge is -2.25. The molecule has 1 aliphatic heterocycles. The predicted molar refractivity (Wildman–Crippen MR) is 54.3 cm³/mol. The molecule has 0 amide bonds. The highest BCUT2D eigenvalue weighted by atomic mass is 79.9. The van der Waals surface area contributed by atoms with E-state index in [1.165, 1.54) is 19.5 Å². The number of fused-ring (bicyclic) bond motifs is 1. The molecule has 3 heteroatoms. The Labute approximate surface area is 84.8 Å². The number of hydrogen-bond acceptors (Lipinski definition) is 1. The maximum Gasteiger partial charge on any atom is 0.0909 e. The number of hydrogen-bond donors (Lipinski definition) is 0. The molecule has 1 saturated heterocycles. The Morgan fingerprint density at radius 2 is 2.09 bits per heavy atom. The summed E-state index contributed by atoms with van der Waals surface area (Å²) in [6.45, 7) is 4.84. The number of halogens is 2. The summed E-state index contributed by atoms with van der Waals surface area (Å²) in [5, 5.41) is 0. The molecule has 0 aromatic rings. The molecule has 0 N–H and O–H groups in total. The molecule has 0 radical (unpaired) electrons.